The quantitative estimate of drug-likeness (QED) is 0.841. The number of alkyl halides is 2. The lowest BCUT2D eigenvalue weighted by molar-refractivity contribution is -0.287. The highest BCUT2D eigenvalue weighted by Gasteiger charge is 2.46. The number of ether oxygens (including phenoxy) is 2. The van der Waals surface area contributed by atoms with Crippen LogP contribution in [0.2, 0.25) is 0 Å². The zero-order valence-corrected chi connectivity index (χ0v) is 12.7. The largest absolute Gasteiger partial charge is 0.586 e. The van der Waals surface area contributed by atoms with E-state index in [2.05, 4.69) is 24.3 Å². The van der Waals surface area contributed by atoms with E-state index in [4.69, 9.17) is 5.73 Å². The summed E-state index contributed by atoms with van der Waals surface area (Å²) in [6, 6.07) is 1.16. The van der Waals surface area contributed by atoms with Crippen LogP contribution < -0.4 is 20.1 Å². The van der Waals surface area contributed by atoms with E-state index < -0.39 is 23.6 Å². The molecule has 2 aromatic rings. The highest BCUT2D eigenvalue weighted by molar-refractivity contribution is 5.92. The van der Waals surface area contributed by atoms with Crippen LogP contribution in [0, 0.1) is 5.82 Å². The molecule has 128 valence electrons. The SMILES string of the molecule is CN1CCN(c2nc(N)c3cc4c(c(F)c3n2)OC(F)(F)O4)CC1. The molecule has 0 bridgehead atoms. The zero-order valence-electron chi connectivity index (χ0n) is 12.7. The lowest BCUT2D eigenvalue weighted by atomic mass is 10.2. The highest BCUT2D eigenvalue weighted by Crippen LogP contribution is 2.46. The lowest BCUT2D eigenvalue weighted by Gasteiger charge is -2.32. The molecule has 1 saturated heterocycles. The minimum atomic E-state index is -3.91. The first-order valence-electron chi connectivity index (χ1n) is 7.33. The summed E-state index contributed by atoms with van der Waals surface area (Å²) in [6.45, 7) is 2.92. The van der Waals surface area contributed by atoms with Crippen molar-refractivity contribution in [2.45, 2.75) is 6.29 Å². The van der Waals surface area contributed by atoms with Gasteiger partial charge in [0, 0.05) is 31.6 Å². The van der Waals surface area contributed by atoms with E-state index in [1.165, 1.54) is 0 Å². The number of aromatic nitrogens is 2. The van der Waals surface area contributed by atoms with Gasteiger partial charge in [0.25, 0.3) is 0 Å². The molecule has 0 spiro atoms. The summed E-state index contributed by atoms with van der Waals surface area (Å²) in [6.07, 6.45) is -3.91. The van der Waals surface area contributed by atoms with E-state index in [-0.39, 0.29) is 22.7 Å². The molecule has 2 aliphatic heterocycles. The van der Waals surface area contributed by atoms with Crippen LogP contribution in [0.5, 0.6) is 11.5 Å². The summed E-state index contributed by atoms with van der Waals surface area (Å²) in [5.41, 5.74) is 5.71. The molecule has 4 rings (SSSR count). The summed E-state index contributed by atoms with van der Waals surface area (Å²) in [5.74, 6) is -1.88. The van der Waals surface area contributed by atoms with E-state index >= 15 is 0 Å². The number of nitrogen functional groups attached to an aromatic ring is 1. The van der Waals surface area contributed by atoms with Crippen molar-refractivity contribution in [2.24, 2.45) is 0 Å². The van der Waals surface area contributed by atoms with Crippen molar-refractivity contribution in [1.82, 2.24) is 14.9 Å². The molecule has 0 unspecified atom stereocenters. The molecule has 0 aliphatic carbocycles. The molecule has 1 aromatic carbocycles. The van der Waals surface area contributed by atoms with Crippen LogP contribution in [0.1, 0.15) is 0 Å². The first-order valence-corrected chi connectivity index (χ1v) is 7.33. The number of nitrogens with zero attached hydrogens (tertiary/aromatic N) is 4. The Morgan fingerprint density at radius 1 is 1.17 bits per heavy atom. The van der Waals surface area contributed by atoms with Crippen LogP contribution in [0.15, 0.2) is 6.07 Å². The Labute approximate surface area is 134 Å². The van der Waals surface area contributed by atoms with Gasteiger partial charge in [0.1, 0.15) is 11.3 Å². The molecule has 3 heterocycles. The fraction of sp³-hybridized carbons (Fsp3) is 0.429. The summed E-state index contributed by atoms with van der Waals surface area (Å²) in [4.78, 5) is 12.4. The maximum absolute atomic E-state index is 14.6. The summed E-state index contributed by atoms with van der Waals surface area (Å²) in [7, 11) is 1.99. The third kappa shape index (κ3) is 2.33. The van der Waals surface area contributed by atoms with Crippen molar-refractivity contribution < 1.29 is 22.6 Å². The average molecular weight is 341 g/mol. The van der Waals surface area contributed by atoms with Gasteiger partial charge in [-0.05, 0) is 13.1 Å². The maximum Gasteiger partial charge on any atom is 0.586 e. The number of likely N-dealkylation sites (N-methyl/N-ethyl adjacent to an activating group) is 1. The summed E-state index contributed by atoms with van der Waals surface area (Å²) >= 11 is 0. The number of hydrogen-bond acceptors (Lipinski definition) is 7. The number of benzene rings is 1. The highest BCUT2D eigenvalue weighted by atomic mass is 19.3. The van der Waals surface area contributed by atoms with E-state index in [0.717, 1.165) is 19.2 Å². The van der Waals surface area contributed by atoms with Crippen LogP contribution in [0.25, 0.3) is 10.9 Å². The molecule has 10 heteroatoms. The Hall–Kier alpha value is -2.49. The minimum absolute atomic E-state index is 0.00514. The van der Waals surface area contributed by atoms with Crippen LogP contribution in [0.4, 0.5) is 24.9 Å². The van der Waals surface area contributed by atoms with Crippen molar-refractivity contribution in [2.75, 3.05) is 43.9 Å². The third-order valence-electron chi connectivity index (χ3n) is 4.11. The van der Waals surface area contributed by atoms with Crippen molar-refractivity contribution in [3.05, 3.63) is 11.9 Å². The van der Waals surface area contributed by atoms with Crippen molar-refractivity contribution in [3.63, 3.8) is 0 Å². The number of fused-ring (bicyclic) bond motifs is 2. The lowest BCUT2D eigenvalue weighted by Crippen LogP contribution is -2.45. The number of anilines is 2. The monoisotopic (exact) mass is 341 g/mol. The second-order valence-electron chi connectivity index (χ2n) is 5.78. The molecule has 1 fully saturated rings. The zero-order chi connectivity index (χ0) is 17.1. The molecule has 2 N–H and O–H groups in total. The van der Waals surface area contributed by atoms with Crippen LogP contribution in [0.3, 0.4) is 0 Å². The molecular weight excluding hydrogens is 327 g/mol. The van der Waals surface area contributed by atoms with Gasteiger partial charge in [0.2, 0.25) is 11.7 Å². The second-order valence-corrected chi connectivity index (χ2v) is 5.78. The Morgan fingerprint density at radius 2 is 1.88 bits per heavy atom. The molecule has 2 aliphatic rings. The first-order chi connectivity index (χ1) is 11.3. The van der Waals surface area contributed by atoms with Gasteiger partial charge in [-0.2, -0.15) is 4.98 Å². The molecule has 0 atom stereocenters. The third-order valence-corrected chi connectivity index (χ3v) is 4.11. The number of halogens is 3. The van der Waals surface area contributed by atoms with Crippen LogP contribution in [-0.4, -0.2) is 54.4 Å². The fourth-order valence-electron chi connectivity index (χ4n) is 2.78. The van der Waals surface area contributed by atoms with Gasteiger partial charge in [-0.1, -0.05) is 0 Å². The van der Waals surface area contributed by atoms with E-state index in [9.17, 15) is 13.2 Å². The van der Waals surface area contributed by atoms with E-state index in [1.807, 2.05) is 11.9 Å². The normalized spacial score (nSPS) is 19.9. The second kappa shape index (κ2) is 5.00. The van der Waals surface area contributed by atoms with E-state index in [1.54, 1.807) is 0 Å². The number of rotatable bonds is 1. The van der Waals surface area contributed by atoms with Crippen LogP contribution >= 0.6 is 0 Å². The molecule has 0 radical (unpaired) electrons. The van der Waals surface area contributed by atoms with Gasteiger partial charge in [0.15, 0.2) is 11.6 Å². The first kappa shape index (κ1) is 15.1. The molecular formula is C14H14F3N5O2. The van der Waals surface area contributed by atoms with Gasteiger partial charge in [-0.25, -0.2) is 9.37 Å². The van der Waals surface area contributed by atoms with Crippen molar-refractivity contribution >= 4 is 22.7 Å². The van der Waals surface area contributed by atoms with Gasteiger partial charge < -0.3 is 25.0 Å². The maximum atomic E-state index is 14.6. The van der Waals surface area contributed by atoms with Gasteiger partial charge in [-0.15, -0.1) is 8.78 Å². The predicted octanol–water partition coefficient (Wildman–Crippen LogP) is 1.42. The Morgan fingerprint density at radius 3 is 2.58 bits per heavy atom. The van der Waals surface area contributed by atoms with Gasteiger partial charge in [-0.3, -0.25) is 0 Å². The minimum Gasteiger partial charge on any atom is -0.395 e. The van der Waals surface area contributed by atoms with Crippen molar-refractivity contribution in [1.29, 1.82) is 0 Å². The topological polar surface area (TPSA) is 76.7 Å². The number of hydrogen-bond donors (Lipinski definition) is 1. The average Bonchev–Trinajstić information content (AvgIpc) is 2.84. The van der Waals surface area contributed by atoms with Gasteiger partial charge in [0.05, 0.1) is 0 Å². The Kier molecular flexibility index (Phi) is 3.14. The van der Waals surface area contributed by atoms with Gasteiger partial charge >= 0.3 is 6.29 Å². The Balaban J connectivity index is 1.81. The predicted molar refractivity (Wildman–Crippen MR) is 79.8 cm³/mol. The van der Waals surface area contributed by atoms with E-state index in [0.29, 0.717) is 13.1 Å². The fourth-order valence-corrected chi connectivity index (χ4v) is 2.78. The summed E-state index contributed by atoms with van der Waals surface area (Å²) in [5, 5.41) is 0.102. The molecule has 0 amide bonds. The van der Waals surface area contributed by atoms with Crippen LogP contribution in [-0.2, 0) is 0 Å². The number of nitrogens with two attached hydrogens (primary N) is 1. The summed E-state index contributed by atoms with van der Waals surface area (Å²) < 4.78 is 49.5. The standard InChI is InChI=1S/C14H14F3N5O2/c1-21-2-4-22(5-3-21)13-19-10-7(12(18)20-13)6-8-11(9(10)15)24-14(16,17)23-8/h6H,2-5H2,1H3,(H2,18,19,20). The molecule has 1 aromatic heterocycles. The Bertz CT molecular complexity index is 824. The number of piperazine rings is 1. The molecule has 0 saturated carbocycles. The van der Waals surface area contributed by atoms with Crippen molar-refractivity contribution in [3.8, 4) is 11.5 Å². The molecule has 24 heavy (non-hydrogen) atoms. The molecule has 7 nitrogen and oxygen atoms in total. The smallest absolute Gasteiger partial charge is 0.395 e.